The molecule has 7 heteroatoms. The molecule has 1 amide bonds. The van der Waals surface area contributed by atoms with Gasteiger partial charge in [0.05, 0.1) is 24.5 Å². The number of pyridine rings is 1. The Bertz CT molecular complexity index is 734. The molecule has 2 aliphatic rings. The zero-order valence-corrected chi connectivity index (χ0v) is 14.2. The summed E-state index contributed by atoms with van der Waals surface area (Å²) in [6.45, 7) is 3.13. The fourth-order valence-electron chi connectivity index (χ4n) is 3.85. The van der Waals surface area contributed by atoms with Crippen molar-refractivity contribution in [3.05, 3.63) is 48.8 Å². The lowest BCUT2D eigenvalue weighted by atomic mass is 9.84. The molecule has 4 rings (SSSR count). The van der Waals surface area contributed by atoms with Gasteiger partial charge in [0.2, 0.25) is 0 Å². The van der Waals surface area contributed by atoms with Crippen LogP contribution in [0.15, 0.2) is 43.1 Å². The number of amides is 1. The number of hydrogen-bond acceptors (Lipinski definition) is 6. The summed E-state index contributed by atoms with van der Waals surface area (Å²) in [5.41, 5.74) is 0.482. The van der Waals surface area contributed by atoms with E-state index in [1.165, 1.54) is 6.20 Å². The molecule has 0 unspecified atom stereocenters. The molecule has 2 aromatic rings. The van der Waals surface area contributed by atoms with Crippen LogP contribution in [-0.2, 0) is 0 Å². The van der Waals surface area contributed by atoms with Crippen LogP contribution in [0.2, 0.25) is 0 Å². The molecular weight excluding hydrogens is 318 g/mol. The second kappa shape index (κ2) is 6.40. The first-order chi connectivity index (χ1) is 12.2. The van der Waals surface area contributed by atoms with Gasteiger partial charge in [-0.1, -0.05) is 0 Å². The highest BCUT2D eigenvalue weighted by molar-refractivity contribution is 5.92. The zero-order chi connectivity index (χ0) is 17.3. The molecule has 0 aliphatic carbocycles. The molecule has 0 radical (unpaired) electrons. The van der Waals surface area contributed by atoms with Crippen molar-refractivity contribution in [1.29, 1.82) is 0 Å². The van der Waals surface area contributed by atoms with Gasteiger partial charge in [0.25, 0.3) is 5.91 Å². The summed E-state index contributed by atoms with van der Waals surface area (Å²) in [7, 11) is 2.13. The van der Waals surface area contributed by atoms with E-state index in [0.717, 1.165) is 31.8 Å². The van der Waals surface area contributed by atoms with E-state index in [-0.39, 0.29) is 11.4 Å². The molecule has 130 valence electrons. The van der Waals surface area contributed by atoms with Crippen LogP contribution in [0.4, 0.5) is 0 Å². The van der Waals surface area contributed by atoms with E-state index in [0.29, 0.717) is 18.2 Å². The summed E-state index contributed by atoms with van der Waals surface area (Å²) in [4.78, 5) is 28.8. The Labute approximate surface area is 146 Å². The largest absolute Gasteiger partial charge is 0.492 e. The molecule has 2 fully saturated rings. The number of carbonyl (C=O) groups excluding carboxylic acids is 1. The van der Waals surface area contributed by atoms with Gasteiger partial charge >= 0.3 is 0 Å². The predicted molar refractivity (Wildman–Crippen MR) is 91.1 cm³/mol. The van der Waals surface area contributed by atoms with E-state index < -0.39 is 0 Å². The van der Waals surface area contributed by atoms with E-state index >= 15 is 0 Å². The normalized spacial score (nSPS) is 22.0. The van der Waals surface area contributed by atoms with Crippen LogP contribution in [0.25, 0.3) is 0 Å². The highest BCUT2D eigenvalue weighted by atomic mass is 16.5. The van der Waals surface area contributed by atoms with Crippen LogP contribution in [0.1, 0.15) is 16.9 Å². The number of carbonyl (C=O) groups is 1. The third-order valence-corrected chi connectivity index (χ3v) is 5.17. The molecule has 4 heterocycles. The Morgan fingerprint density at radius 1 is 1.28 bits per heavy atom. The third kappa shape index (κ3) is 3.07. The minimum atomic E-state index is -0.0396. The van der Waals surface area contributed by atoms with Crippen LogP contribution < -0.4 is 4.74 Å². The predicted octanol–water partition coefficient (Wildman–Crippen LogP) is 1.10. The molecule has 0 N–H and O–H groups in total. The first kappa shape index (κ1) is 16.0. The summed E-state index contributed by atoms with van der Waals surface area (Å²) < 4.78 is 5.86. The van der Waals surface area contributed by atoms with E-state index in [2.05, 4.69) is 26.9 Å². The van der Waals surface area contributed by atoms with Crippen molar-refractivity contribution in [3.63, 3.8) is 0 Å². The summed E-state index contributed by atoms with van der Waals surface area (Å²) >= 11 is 0. The summed E-state index contributed by atoms with van der Waals surface area (Å²) in [6, 6.07) is 3.80. The minimum absolute atomic E-state index is 0.0396. The smallest absolute Gasteiger partial charge is 0.274 e. The number of nitrogens with zero attached hydrogens (tertiary/aromatic N) is 5. The molecule has 2 aliphatic heterocycles. The average molecular weight is 339 g/mol. The van der Waals surface area contributed by atoms with Gasteiger partial charge in [0.15, 0.2) is 0 Å². The highest BCUT2D eigenvalue weighted by Gasteiger charge is 2.53. The van der Waals surface area contributed by atoms with Crippen molar-refractivity contribution in [1.82, 2.24) is 24.8 Å². The fourth-order valence-corrected chi connectivity index (χ4v) is 3.85. The lowest BCUT2D eigenvalue weighted by Gasteiger charge is -2.51. The van der Waals surface area contributed by atoms with Crippen molar-refractivity contribution < 1.29 is 9.53 Å². The van der Waals surface area contributed by atoms with Gasteiger partial charge in [-0.05, 0) is 25.6 Å². The molecule has 25 heavy (non-hydrogen) atoms. The summed E-state index contributed by atoms with van der Waals surface area (Å²) in [5.74, 6) is 1.22. The van der Waals surface area contributed by atoms with Crippen molar-refractivity contribution >= 4 is 5.91 Å². The first-order valence-electron chi connectivity index (χ1n) is 8.46. The van der Waals surface area contributed by atoms with Crippen molar-refractivity contribution in [3.8, 4) is 5.75 Å². The maximum absolute atomic E-state index is 12.4. The van der Waals surface area contributed by atoms with Gasteiger partial charge in [-0.15, -0.1) is 0 Å². The van der Waals surface area contributed by atoms with E-state index in [4.69, 9.17) is 4.74 Å². The second-order valence-electron chi connectivity index (χ2n) is 6.93. The Morgan fingerprint density at radius 3 is 2.84 bits per heavy atom. The van der Waals surface area contributed by atoms with Gasteiger partial charge in [-0.2, -0.15) is 0 Å². The maximum atomic E-state index is 12.4. The molecule has 0 bridgehead atoms. The van der Waals surface area contributed by atoms with Crippen molar-refractivity contribution in [2.75, 3.05) is 33.3 Å². The number of ether oxygens (including phenoxy) is 1. The highest BCUT2D eigenvalue weighted by Crippen LogP contribution is 2.39. The van der Waals surface area contributed by atoms with Crippen molar-refractivity contribution in [2.24, 2.45) is 5.92 Å². The van der Waals surface area contributed by atoms with Gasteiger partial charge in [-0.25, -0.2) is 4.98 Å². The topological polar surface area (TPSA) is 71.5 Å². The molecule has 2 saturated heterocycles. The first-order valence-corrected chi connectivity index (χ1v) is 8.46. The quantitative estimate of drug-likeness (QED) is 0.831. The monoisotopic (exact) mass is 339 g/mol. The number of likely N-dealkylation sites (tertiary alicyclic amines) is 2. The number of hydrogen-bond donors (Lipinski definition) is 0. The lowest BCUT2D eigenvalue weighted by Crippen LogP contribution is -2.68. The van der Waals surface area contributed by atoms with Crippen LogP contribution >= 0.6 is 0 Å². The van der Waals surface area contributed by atoms with Crippen molar-refractivity contribution in [2.45, 2.75) is 12.0 Å². The average Bonchev–Trinajstić information content (AvgIpc) is 2.96. The van der Waals surface area contributed by atoms with Crippen LogP contribution in [0, 0.1) is 5.92 Å². The third-order valence-electron chi connectivity index (χ3n) is 5.17. The number of likely N-dealkylation sites (N-methyl/N-ethyl adjacent to an activating group) is 1. The van der Waals surface area contributed by atoms with Crippen LogP contribution in [-0.4, -0.2) is 69.5 Å². The standard InChI is InChI=1S/C18H21N5O2/c1-22-10-14(11-25-15-3-2-4-19-8-15)7-18(22)12-23(13-18)17(24)16-9-20-5-6-21-16/h2-6,8-9,14H,7,10-13H2,1H3/t14-/m0/s1. The molecular formula is C18H21N5O2. The van der Waals surface area contributed by atoms with Crippen LogP contribution in [0.5, 0.6) is 5.75 Å². The van der Waals surface area contributed by atoms with Crippen LogP contribution in [0.3, 0.4) is 0 Å². The van der Waals surface area contributed by atoms with Gasteiger partial charge in [0, 0.05) is 44.1 Å². The van der Waals surface area contributed by atoms with E-state index in [1.54, 1.807) is 24.8 Å². The molecule has 0 aromatic carbocycles. The molecule has 1 spiro atoms. The Hall–Kier alpha value is -2.54. The van der Waals surface area contributed by atoms with E-state index in [9.17, 15) is 4.79 Å². The molecule has 0 saturated carbocycles. The molecule has 2 aromatic heterocycles. The zero-order valence-electron chi connectivity index (χ0n) is 14.2. The number of rotatable bonds is 4. The molecule has 1 atom stereocenters. The Morgan fingerprint density at radius 2 is 2.12 bits per heavy atom. The fraction of sp³-hybridized carbons (Fsp3) is 0.444. The number of aromatic nitrogens is 3. The summed E-state index contributed by atoms with van der Waals surface area (Å²) in [6.07, 6.45) is 9.16. The lowest BCUT2D eigenvalue weighted by molar-refractivity contribution is -0.00810. The van der Waals surface area contributed by atoms with E-state index in [1.807, 2.05) is 17.0 Å². The molecule has 7 nitrogen and oxygen atoms in total. The SMILES string of the molecule is CN1C[C@@H](COc2cccnc2)CC12CN(C(=O)c1cnccn1)C2. The Balaban J connectivity index is 1.33. The van der Waals surface area contributed by atoms with Gasteiger partial charge < -0.3 is 9.64 Å². The summed E-state index contributed by atoms with van der Waals surface area (Å²) in [5, 5.41) is 0. The maximum Gasteiger partial charge on any atom is 0.274 e. The Kier molecular flexibility index (Phi) is 4.09. The minimum Gasteiger partial charge on any atom is -0.492 e. The van der Waals surface area contributed by atoms with Gasteiger partial charge in [-0.3, -0.25) is 19.7 Å². The second-order valence-corrected chi connectivity index (χ2v) is 6.93. The van der Waals surface area contributed by atoms with Gasteiger partial charge in [0.1, 0.15) is 11.4 Å².